The van der Waals surface area contributed by atoms with Crippen molar-refractivity contribution in [1.29, 1.82) is 0 Å². The molecule has 1 aliphatic heterocycles. The van der Waals surface area contributed by atoms with Gasteiger partial charge in [-0.25, -0.2) is 0 Å². The number of hydrogen-bond donors (Lipinski definition) is 0. The van der Waals surface area contributed by atoms with Crippen LogP contribution in [-0.2, 0) is 16.1 Å². The zero-order chi connectivity index (χ0) is 27.0. The highest BCUT2D eigenvalue weighted by Gasteiger charge is 2.60. The molecule has 0 spiro atoms. The SMILES string of the molecule is CC(CCC(=O)N1CCCCC1)[C@H]1CC[C@H]2[C@@H]3CC[C@@H]4C[C@H](OCc5ccccc5)CC[C@]4(C)[C@H]3CC[C@]12C. The zero-order valence-corrected chi connectivity index (χ0v) is 25.2. The van der Waals surface area contributed by atoms with Gasteiger partial charge < -0.3 is 9.64 Å². The molecule has 1 unspecified atom stereocenters. The van der Waals surface area contributed by atoms with E-state index >= 15 is 0 Å². The maximum Gasteiger partial charge on any atom is 0.222 e. The molecule has 0 radical (unpaired) electrons. The molecule has 5 aliphatic rings. The quantitative estimate of drug-likeness (QED) is 0.351. The van der Waals surface area contributed by atoms with Crippen molar-refractivity contribution in [3.05, 3.63) is 35.9 Å². The second-order valence-electron chi connectivity index (χ2n) is 15.0. The fourth-order valence-electron chi connectivity index (χ4n) is 11.0. The van der Waals surface area contributed by atoms with Crippen molar-refractivity contribution in [3.63, 3.8) is 0 Å². The predicted molar refractivity (Wildman–Crippen MR) is 159 cm³/mol. The summed E-state index contributed by atoms with van der Waals surface area (Å²) in [5.74, 6) is 5.51. The van der Waals surface area contributed by atoms with Gasteiger partial charge in [0.15, 0.2) is 0 Å². The third-order valence-corrected chi connectivity index (χ3v) is 13.2. The van der Waals surface area contributed by atoms with E-state index in [1.807, 2.05) is 0 Å². The van der Waals surface area contributed by atoms with Gasteiger partial charge in [0.1, 0.15) is 0 Å². The number of nitrogens with zero attached hydrogens (tertiary/aromatic N) is 1. The largest absolute Gasteiger partial charge is 0.374 e. The Labute approximate surface area is 238 Å². The lowest BCUT2D eigenvalue weighted by atomic mass is 9.44. The second kappa shape index (κ2) is 11.5. The Morgan fingerprint density at radius 2 is 1.67 bits per heavy atom. The van der Waals surface area contributed by atoms with E-state index in [0.29, 0.717) is 28.8 Å². The summed E-state index contributed by atoms with van der Waals surface area (Å²) in [5, 5.41) is 0. The van der Waals surface area contributed by atoms with Crippen molar-refractivity contribution >= 4 is 5.91 Å². The van der Waals surface area contributed by atoms with Gasteiger partial charge in [0.2, 0.25) is 5.91 Å². The molecule has 9 atom stereocenters. The van der Waals surface area contributed by atoms with E-state index in [1.54, 1.807) is 0 Å². The Morgan fingerprint density at radius 1 is 0.923 bits per heavy atom. The van der Waals surface area contributed by atoms with Gasteiger partial charge in [-0.3, -0.25) is 4.79 Å². The van der Waals surface area contributed by atoms with Gasteiger partial charge in [-0.2, -0.15) is 0 Å². The lowest BCUT2D eigenvalue weighted by molar-refractivity contribution is -0.139. The number of benzene rings is 1. The first-order valence-corrected chi connectivity index (χ1v) is 16.8. The van der Waals surface area contributed by atoms with Crippen LogP contribution in [0.1, 0.15) is 116 Å². The molecule has 0 bridgehead atoms. The monoisotopic (exact) mass is 533 g/mol. The van der Waals surface area contributed by atoms with Crippen molar-refractivity contribution in [2.75, 3.05) is 13.1 Å². The fraction of sp³-hybridized carbons (Fsp3) is 0.806. The molecule has 3 nitrogen and oxygen atoms in total. The van der Waals surface area contributed by atoms with Crippen LogP contribution in [-0.4, -0.2) is 30.0 Å². The van der Waals surface area contributed by atoms with E-state index < -0.39 is 0 Å². The molecule has 39 heavy (non-hydrogen) atoms. The van der Waals surface area contributed by atoms with Crippen LogP contribution in [0.15, 0.2) is 30.3 Å². The fourth-order valence-corrected chi connectivity index (χ4v) is 11.0. The molecular weight excluding hydrogens is 478 g/mol. The van der Waals surface area contributed by atoms with Gasteiger partial charge in [-0.1, -0.05) is 51.1 Å². The van der Waals surface area contributed by atoms with Crippen LogP contribution in [0.5, 0.6) is 0 Å². The molecule has 5 fully saturated rings. The van der Waals surface area contributed by atoms with Crippen molar-refractivity contribution in [1.82, 2.24) is 4.90 Å². The lowest BCUT2D eigenvalue weighted by Crippen LogP contribution is -2.54. The Bertz CT molecular complexity index is 972. The van der Waals surface area contributed by atoms with Crippen LogP contribution < -0.4 is 0 Å². The van der Waals surface area contributed by atoms with E-state index in [4.69, 9.17) is 4.74 Å². The van der Waals surface area contributed by atoms with Gasteiger partial charge in [0.25, 0.3) is 0 Å². The molecular formula is C36H55NO2. The van der Waals surface area contributed by atoms with Crippen molar-refractivity contribution in [3.8, 4) is 0 Å². The minimum atomic E-state index is 0.430. The number of likely N-dealkylation sites (tertiary alicyclic amines) is 1. The molecule has 1 amide bonds. The summed E-state index contributed by atoms with van der Waals surface area (Å²) < 4.78 is 6.48. The lowest BCUT2D eigenvalue weighted by Gasteiger charge is -2.61. The Kier molecular flexibility index (Phi) is 8.20. The maximum absolute atomic E-state index is 12.9. The average Bonchev–Trinajstić information content (AvgIpc) is 3.33. The normalized spacial score (nSPS) is 40.8. The summed E-state index contributed by atoms with van der Waals surface area (Å²) in [6.07, 6.45) is 18.5. The number of piperidine rings is 1. The van der Waals surface area contributed by atoms with E-state index in [0.717, 1.165) is 62.1 Å². The van der Waals surface area contributed by atoms with Crippen LogP contribution in [0.2, 0.25) is 0 Å². The van der Waals surface area contributed by atoms with Crippen molar-refractivity contribution in [2.45, 2.75) is 123 Å². The first-order valence-electron chi connectivity index (χ1n) is 16.8. The molecule has 1 saturated heterocycles. The van der Waals surface area contributed by atoms with E-state index in [-0.39, 0.29) is 0 Å². The summed E-state index contributed by atoms with van der Waals surface area (Å²) in [6.45, 7) is 10.6. The summed E-state index contributed by atoms with van der Waals surface area (Å²) in [4.78, 5) is 15.0. The number of amides is 1. The molecule has 3 heteroatoms. The molecule has 1 heterocycles. The topological polar surface area (TPSA) is 29.5 Å². The van der Waals surface area contributed by atoms with E-state index in [1.165, 1.54) is 82.6 Å². The van der Waals surface area contributed by atoms with Gasteiger partial charge in [0, 0.05) is 19.5 Å². The van der Waals surface area contributed by atoms with Crippen molar-refractivity contribution in [2.24, 2.45) is 46.3 Å². The molecule has 0 aromatic heterocycles. The number of ether oxygens (including phenoxy) is 1. The third-order valence-electron chi connectivity index (χ3n) is 13.2. The van der Waals surface area contributed by atoms with E-state index in [2.05, 4.69) is 56.0 Å². The minimum absolute atomic E-state index is 0.430. The summed E-state index contributed by atoms with van der Waals surface area (Å²) in [5.41, 5.74) is 2.32. The number of hydrogen-bond acceptors (Lipinski definition) is 2. The standard InChI is InChI=1S/C36H55NO2/c1-26(12-17-34(38)37-22-8-5-9-23-37)31-15-16-32-30-14-13-28-24-29(39-25-27-10-6-4-7-11-27)18-20-35(28,2)33(30)19-21-36(31,32)3/h4,6-7,10-11,26,28-33H,5,8-9,12-25H2,1-3H3/t26?,28-,29-,30+,31-,32+,33+,35+,36-/m1/s1. The van der Waals surface area contributed by atoms with E-state index in [9.17, 15) is 4.79 Å². The van der Waals surface area contributed by atoms with Crippen molar-refractivity contribution < 1.29 is 9.53 Å². The van der Waals surface area contributed by atoms with Crippen LogP contribution in [0, 0.1) is 46.3 Å². The number of fused-ring (bicyclic) bond motifs is 5. The van der Waals surface area contributed by atoms with Crippen LogP contribution >= 0.6 is 0 Å². The van der Waals surface area contributed by atoms with Crippen LogP contribution in [0.3, 0.4) is 0 Å². The smallest absolute Gasteiger partial charge is 0.222 e. The third kappa shape index (κ3) is 5.35. The number of rotatable bonds is 7. The zero-order valence-electron chi connectivity index (χ0n) is 25.2. The molecule has 4 aliphatic carbocycles. The first-order chi connectivity index (χ1) is 18.9. The van der Waals surface area contributed by atoms with Gasteiger partial charge >= 0.3 is 0 Å². The Balaban J connectivity index is 1.05. The van der Waals surface area contributed by atoms with Gasteiger partial charge in [-0.15, -0.1) is 0 Å². The predicted octanol–water partition coefficient (Wildman–Crippen LogP) is 8.66. The molecule has 4 saturated carbocycles. The minimum Gasteiger partial charge on any atom is -0.374 e. The summed E-state index contributed by atoms with van der Waals surface area (Å²) in [7, 11) is 0. The molecule has 216 valence electrons. The summed E-state index contributed by atoms with van der Waals surface area (Å²) in [6, 6.07) is 10.7. The first kappa shape index (κ1) is 27.8. The van der Waals surface area contributed by atoms with Gasteiger partial charge in [-0.05, 0) is 135 Å². The molecule has 1 aromatic carbocycles. The Hall–Kier alpha value is -1.35. The maximum atomic E-state index is 12.9. The highest BCUT2D eigenvalue weighted by Crippen LogP contribution is 2.68. The average molecular weight is 534 g/mol. The highest BCUT2D eigenvalue weighted by molar-refractivity contribution is 5.76. The van der Waals surface area contributed by atoms with Crippen LogP contribution in [0.25, 0.3) is 0 Å². The van der Waals surface area contributed by atoms with Crippen LogP contribution in [0.4, 0.5) is 0 Å². The summed E-state index contributed by atoms with van der Waals surface area (Å²) >= 11 is 0. The molecule has 1 aromatic rings. The molecule has 0 N–H and O–H groups in total. The van der Waals surface area contributed by atoms with Gasteiger partial charge in [0.05, 0.1) is 12.7 Å². The molecule has 6 rings (SSSR count). The number of carbonyl (C=O) groups is 1. The second-order valence-corrected chi connectivity index (χ2v) is 15.0. The number of carbonyl (C=O) groups excluding carboxylic acids is 1. The highest BCUT2D eigenvalue weighted by atomic mass is 16.5. The Morgan fingerprint density at radius 3 is 2.46 bits per heavy atom.